The molecule has 3 rings (SSSR count). The molecule has 1 aromatic heterocycles. The van der Waals surface area contributed by atoms with Gasteiger partial charge in [0.15, 0.2) is 5.78 Å². The minimum Gasteiger partial charge on any atom is -0.508 e. The highest BCUT2D eigenvalue weighted by atomic mass is 16.5. The highest BCUT2D eigenvalue weighted by molar-refractivity contribution is 5.97. The Balaban J connectivity index is 1.65. The van der Waals surface area contributed by atoms with Gasteiger partial charge in [0.2, 0.25) is 0 Å². The molecule has 0 unspecified atom stereocenters. The van der Waals surface area contributed by atoms with Crippen LogP contribution in [0.3, 0.4) is 0 Å². The van der Waals surface area contributed by atoms with Crippen molar-refractivity contribution in [3.8, 4) is 5.75 Å². The van der Waals surface area contributed by atoms with Crippen molar-refractivity contribution in [3.63, 3.8) is 0 Å². The van der Waals surface area contributed by atoms with E-state index in [-0.39, 0.29) is 18.6 Å². The standard InChI is InChI=1S/C20H24N4O8/c21-13(5-10-1-3-11(26)4-2-10)15(28)7-22-18(29)12-8-24(20(31)23-19(12)30)17-6-14(27)16(9-25)32-17/h1-4,8,13-14,16-17,25-27H,5-7,9,21H2,(H,22,29)(H,23,30,31)/t13-,14-,16+,17+/m0/s1. The number of H-pyrrole nitrogens is 1. The predicted octanol–water partition coefficient (Wildman–Crippen LogP) is -2.25. The zero-order chi connectivity index (χ0) is 23.4. The van der Waals surface area contributed by atoms with Gasteiger partial charge >= 0.3 is 5.69 Å². The van der Waals surface area contributed by atoms with Crippen molar-refractivity contribution < 1.29 is 29.6 Å². The molecule has 12 heteroatoms. The quantitative estimate of drug-likeness (QED) is 0.258. The summed E-state index contributed by atoms with van der Waals surface area (Å²) >= 11 is 0. The van der Waals surface area contributed by atoms with E-state index in [0.717, 1.165) is 16.3 Å². The molecule has 0 aliphatic carbocycles. The summed E-state index contributed by atoms with van der Waals surface area (Å²) in [6, 6.07) is 5.24. The molecule has 4 atom stereocenters. The van der Waals surface area contributed by atoms with Crippen LogP contribution in [0.25, 0.3) is 0 Å². The molecule has 2 aromatic rings. The SMILES string of the molecule is N[C@@H](Cc1ccc(O)cc1)C(=O)CNC(=O)c1cn([C@H]2C[C@H](O)[C@@H](CO)O2)c(=O)[nH]c1=O. The molecule has 0 bridgehead atoms. The van der Waals surface area contributed by atoms with Crippen LogP contribution < -0.4 is 22.3 Å². The first-order chi connectivity index (χ1) is 15.2. The topological polar surface area (TPSA) is 197 Å². The number of ketones is 1. The maximum atomic E-state index is 12.5. The minimum absolute atomic E-state index is 0.0250. The van der Waals surface area contributed by atoms with Gasteiger partial charge in [-0.1, -0.05) is 12.1 Å². The number of amides is 1. The molecule has 1 amide bonds. The van der Waals surface area contributed by atoms with Gasteiger partial charge in [-0.25, -0.2) is 4.79 Å². The number of nitrogens with one attached hydrogen (secondary N) is 2. The molecular formula is C20H24N4O8. The van der Waals surface area contributed by atoms with E-state index in [1.54, 1.807) is 12.1 Å². The summed E-state index contributed by atoms with van der Waals surface area (Å²) in [5.41, 5.74) is 4.35. The maximum absolute atomic E-state index is 12.5. The molecule has 32 heavy (non-hydrogen) atoms. The van der Waals surface area contributed by atoms with E-state index in [0.29, 0.717) is 0 Å². The molecule has 1 saturated heterocycles. The number of carbonyl (C=O) groups excluding carboxylic acids is 2. The normalized spacial score (nSPS) is 21.3. The van der Waals surface area contributed by atoms with Crippen molar-refractivity contribution in [2.45, 2.75) is 37.3 Å². The fraction of sp³-hybridized carbons (Fsp3) is 0.400. The van der Waals surface area contributed by atoms with Gasteiger partial charge in [0.1, 0.15) is 23.6 Å². The number of Topliss-reactive ketones (excluding diaryl/α,β-unsaturated/α-hetero) is 1. The Morgan fingerprint density at radius 1 is 1.28 bits per heavy atom. The lowest BCUT2D eigenvalue weighted by Crippen LogP contribution is -2.43. The number of aromatic hydroxyl groups is 1. The lowest BCUT2D eigenvalue weighted by Gasteiger charge is -2.15. The van der Waals surface area contributed by atoms with Gasteiger partial charge in [0.25, 0.3) is 11.5 Å². The van der Waals surface area contributed by atoms with Gasteiger partial charge in [-0.2, -0.15) is 0 Å². The summed E-state index contributed by atoms with van der Waals surface area (Å²) in [6.45, 7) is -0.905. The highest BCUT2D eigenvalue weighted by Gasteiger charge is 2.35. The zero-order valence-corrected chi connectivity index (χ0v) is 16.9. The number of nitrogens with two attached hydrogens (primary N) is 1. The molecular weight excluding hydrogens is 424 g/mol. The van der Waals surface area contributed by atoms with Crippen molar-refractivity contribution in [2.24, 2.45) is 5.73 Å². The van der Waals surface area contributed by atoms with E-state index in [1.807, 2.05) is 4.98 Å². The Kier molecular flexibility index (Phi) is 7.20. The van der Waals surface area contributed by atoms with Crippen molar-refractivity contribution in [1.82, 2.24) is 14.9 Å². The fourth-order valence-corrected chi connectivity index (χ4v) is 3.30. The largest absolute Gasteiger partial charge is 0.508 e. The number of carbonyl (C=O) groups is 2. The first-order valence-corrected chi connectivity index (χ1v) is 9.83. The van der Waals surface area contributed by atoms with Gasteiger partial charge in [-0.05, 0) is 24.1 Å². The number of hydrogen-bond donors (Lipinski definition) is 6. The summed E-state index contributed by atoms with van der Waals surface area (Å²) in [7, 11) is 0. The Labute approximate surface area is 181 Å². The van der Waals surface area contributed by atoms with Crippen molar-refractivity contribution in [1.29, 1.82) is 0 Å². The number of hydrogen-bond acceptors (Lipinski definition) is 9. The van der Waals surface area contributed by atoms with Crippen LogP contribution in [0.4, 0.5) is 0 Å². The number of aromatic nitrogens is 2. The molecule has 1 aliphatic rings. The van der Waals surface area contributed by atoms with Crippen molar-refractivity contribution in [3.05, 3.63) is 62.4 Å². The third kappa shape index (κ3) is 5.29. The molecule has 172 valence electrons. The van der Waals surface area contributed by atoms with Crippen molar-refractivity contribution in [2.75, 3.05) is 13.2 Å². The van der Waals surface area contributed by atoms with E-state index < -0.39 is 66.1 Å². The van der Waals surface area contributed by atoms with Crippen LogP contribution in [0, 0.1) is 0 Å². The van der Waals surface area contributed by atoms with Crippen LogP contribution in [0.5, 0.6) is 5.75 Å². The zero-order valence-electron chi connectivity index (χ0n) is 16.9. The molecule has 0 spiro atoms. The smallest absolute Gasteiger partial charge is 0.330 e. The maximum Gasteiger partial charge on any atom is 0.330 e. The second kappa shape index (κ2) is 9.87. The van der Waals surface area contributed by atoms with Crippen LogP contribution >= 0.6 is 0 Å². The van der Waals surface area contributed by atoms with E-state index in [9.17, 15) is 34.5 Å². The molecule has 7 N–H and O–H groups in total. The lowest BCUT2D eigenvalue weighted by molar-refractivity contribution is -0.119. The summed E-state index contributed by atoms with van der Waals surface area (Å²) in [4.78, 5) is 50.9. The van der Waals surface area contributed by atoms with E-state index in [1.165, 1.54) is 12.1 Å². The second-order valence-corrected chi connectivity index (χ2v) is 7.45. The number of aromatic amines is 1. The number of aliphatic hydroxyl groups is 2. The van der Waals surface area contributed by atoms with Crippen LogP contribution in [-0.4, -0.2) is 68.0 Å². The fourth-order valence-electron chi connectivity index (χ4n) is 3.30. The average Bonchev–Trinajstić information content (AvgIpc) is 3.13. The molecule has 1 aromatic carbocycles. The summed E-state index contributed by atoms with van der Waals surface area (Å²) < 4.78 is 6.32. The van der Waals surface area contributed by atoms with Gasteiger partial charge < -0.3 is 31.1 Å². The molecule has 1 fully saturated rings. The highest BCUT2D eigenvalue weighted by Crippen LogP contribution is 2.27. The van der Waals surface area contributed by atoms with Crippen LogP contribution in [0.2, 0.25) is 0 Å². The summed E-state index contributed by atoms with van der Waals surface area (Å²) in [5, 5.41) is 30.6. The number of benzene rings is 1. The second-order valence-electron chi connectivity index (χ2n) is 7.45. The monoisotopic (exact) mass is 448 g/mol. The number of aliphatic hydroxyl groups excluding tert-OH is 2. The van der Waals surface area contributed by atoms with Gasteiger partial charge in [-0.15, -0.1) is 0 Å². The number of ether oxygens (including phenoxy) is 1. The minimum atomic E-state index is -1.02. The average molecular weight is 448 g/mol. The lowest BCUT2D eigenvalue weighted by atomic mass is 10.0. The Morgan fingerprint density at radius 3 is 2.59 bits per heavy atom. The Bertz CT molecular complexity index is 1090. The molecule has 0 saturated carbocycles. The molecule has 0 radical (unpaired) electrons. The number of phenols is 1. The van der Waals surface area contributed by atoms with Crippen molar-refractivity contribution >= 4 is 11.7 Å². The first-order valence-electron chi connectivity index (χ1n) is 9.83. The molecule has 2 heterocycles. The molecule has 1 aliphatic heterocycles. The number of phenolic OH excluding ortho intramolecular Hbond substituents is 1. The van der Waals surface area contributed by atoms with Gasteiger partial charge in [0, 0.05) is 12.6 Å². The van der Waals surface area contributed by atoms with Crippen LogP contribution in [0.15, 0.2) is 40.1 Å². The number of rotatable bonds is 8. The summed E-state index contributed by atoms with van der Waals surface area (Å²) in [5.74, 6) is -1.30. The van der Waals surface area contributed by atoms with Crippen LogP contribution in [0.1, 0.15) is 28.6 Å². The predicted molar refractivity (Wildman–Crippen MR) is 110 cm³/mol. The molecule has 12 nitrogen and oxygen atoms in total. The third-order valence-corrected chi connectivity index (χ3v) is 5.14. The van der Waals surface area contributed by atoms with E-state index in [4.69, 9.17) is 10.5 Å². The van der Waals surface area contributed by atoms with Gasteiger partial charge in [0.05, 0.1) is 25.3 Å². The first kappa shape index (κ1) is 23.3. The van der Waals surface area contributed by atoms with Gasteiger partial charge in [-0.3, -0.25) is 23.9 Å². The third-order valence-electron chi connectivity index (χ3n) is 5.14. The Morgan fingerprint density at radius 2 is 1.97 bits per heavy atom. The number of nitrogens with zero attached hydrogens (tertiary/aromatic N) is 1. The Hall–Kier alpha value is -3.32. The van der Waals surface area contributed by atoms with E-state index in [2.05, 4.69) is 5.32 Å². The van der Waals surface area contributed by atoms with Crippen LogP contribution in [-0.2, 0) is 16.0 Å². The summed E-state index contributed by atoms with van der Waals surface area (Å²) in [6.07, 6.45) is -1.76. The van der Waals surface area contributed by atoms with E-state index >= 15 is 0 Å².